The van der Waals surface area contributed by atoms with Crippen LogP contribution in [-0.4, -0.2) is 44.4 Å². The van der Waals surface area contributed by atoms with Gasteiger partial charge < -0.3 is 19.3 Å². The molecular weight excluding hydrogens is 160 g/mol. The molecule has 0 amide bonds. The molecule has 1 aliphatic heterocycles. The van der Waals surface area contributed by atoms with Crippen molar-refractivity contribution in [3.63, 3.8) is 0 Å². The molecule has 1 fully saturated rings. The molecule has 72 valence electrons. The highest BCUT2D eigenvalue weighted by atomic mass is 16.7. The Morgan fingerprint density at radius 2 is 2.17 bits per heavy atom. The number of hydrogen-bond donors (Lipinski definition) is 1. The van der Waals surface area contributed by atoms with E-state index in [0.717, 1.165) is 6.42 Å². The SMILES string of the molecule is COC[C@H]1O[C@@H](OC)CC[C@@H]1O. The van der Waals surface area contributed by atoms with E-state index in [4.69, 9.17) is 14.2 Å². The molecule has 0 saturated carbocycles. The Balaban J connectivity index is 2.36. The minimum atomic E-state index is -0.420. The van der Waals surface area contributed by atoms with Gasteiger partial charge >= 0.3 is 0 Å². The molecule has 1 rings (SSSR count). The van der Waals surface area contributed by atoms with Crippen LogP contribution in [0.3, 0.4) is 0 Å². The van der Waals surface area contributed by atoms with Crippen molar-refractivity contribution in [2.75, 3.05) is 20.8 Å². The third-order valence-corrected chi connectivity index (χ3v) is 2.05. The highest BCUT2D eigenvalue weighted by Crippen LogP contribution is 2.19. The first-order valence-electron chi connectivity index (χ1n) is 4.13. The minimum Gasteiger partial charge on any atom is -0.390 e. The summed E-state index contributed by atoms with van der Waals surface area (Å²) in [5.74, 6) is 0. The number of methoxy groups -OCH3 is 2. The van der Waals surface area contributed by atoms with Crippen LogP contribution in [0.1, 0.15) is 12.8 Å². The lowest BCUT2D eigenvalue weighted by atomic mass is 10.1. The van der Waals surface area contributed by atoms with Crippen molar-refractivity contribution in [1.82, 2.24) is 0 Å². The van der Waals surface area contributed by atoms with Gasteiger partial charge in [0, 0.05) is 20.6 Å². The Labute approximate surface area is 72.4 Å². The summed E-state index contributed by atoms with van der Waals surface area (Å²) < 4.78 is 15.3. The molecule has 3 atom stereocenters. The predicted molar refractivity (Wildman–Crippen MR) is 42.8 cm³/mol. The summed E-state index contributed by atoms with van der Waals surface area (Å²) in [7, 11) is 3.19. The minimum absolute atomic E-state index is 0.187. The number of rotatable bonds is 3. The average Bonchev–Trinajstić information content (AvgIpc) is 2.09. The molecule has 4 heteroatoms. The number of hydrogen-bond acceptors (Lipinski definition) is 4. The molecule has 4 nitrogen and oxygen atoms in total. The molecule has 0 spiro atoms. The number of aliphatic hydroxyl groups is 1. The lowest BCUT2D eigenvalue weighted by molar-refractivity contribution is -0.221. The number of ether oxygens (including phenoxy) is 3. The molecule has 0 aliphatic carbocycles. The van der Waals surface area contributed by atoms with Gasteiger partial charge in [-0.05, 0) is 6.42 Å². The summed E-state index contributed by atoms with van der Waals surface area (Å²) in [4.78, 5) is 0. The molecule has 0 radical (unpaired) electrons. The van der Waals surface area contributed by atoms with Crippen LogP contribution in [0.4, 0.5) is 0 Å². The van der Waals surface area contributed by atoms with E-state index >= 15 is 0 Å². The van der Waals surface area contributed by atoms with Gasteiger partial charge in [-0.1, -0.05) is 0 Å². The third kappa shape index (κ3) is 2.42. The average molecular weight is 176 g/mol. The second kappa shape index (κ2) is 4.77. The van der Waals surface area contributed by atoms with Gasteiger partial charge in [-0.15, -0.1) is 0 Å². The largest absolute Gasteiger partial charge is 0.390 e. The normalized spacial score (nSPS) is 36.8. The Morgan fingerprint density at radius 1 is 1.42 bits per heavy atom. The summed E-state index contributed by atoms with van der Waals surface area (Å²) in [5.41, 5.74) is 0. The van der Waals surface area contributed by atoms with Crippen molar-refractivity contribution in [2.45, 2.75) is 31.3 Å². The smallest absolute Gasteiger partial charge is 0.157 e. The van der Waals surface area contributed by atoms with E-state index in [9.17, 15) is 5.11 Å². The number of aliphatic hydroxyl groups excluding tert-OH is 1. The molecule has 1 N–H and O–H groups in total. The van der Waals surface area contributed by atoms with Gasteiger partial charge in [0.15, 0.2) is 6.29 Å². The fraction of sp³-hybridized carbons (Fsp3) is 1.00. The zero-order chi connectivity index (χ0) is 8.97. The van der Waals surface area contributed by atoms with Gasteiger partial charge in [-0.3, -0.25) is 0 Å². The van der Waals surface area contributed by atoms with E-state index in [1.165, 1.54) is 0 Å². The van der Waals surface area contributed by atoms with E-state index in [1.54, 1.807) is 14.2 Å². The summed E-state index contributed by atoms with van der Waals surface area (Å²) in [6.07, 6.45) is 0.614. The molecule has 0 bridgehead atoms. The van der Waals surface area contributed by atoms with Crippen molar-refractivity contribution < 1.29 is 19.3 Å². The monoisotopic (exact) mass is 176 g/mol. The molecule has 1 saturated heterocycles. The maximum Gasteiger partial charge on any atom is 0.157 e. The van der Waals surface area contributed by atoms with E-state index in [1.807, 2.05) is 0 Å². The lowest BCUT2D eigenvalue weighted by Crippen LogP contribution is -2.42. The molecule has 0 unspecified atom stereocenters. The van der Waals surface area contributed by atoms with E-state index < -0.39 is 6.10 Å². The maximum absolute atomic E-state index is 9.45. The van der Waals surface area contributed by atoms with Crippen LogP contribution in [0.15, 0.2) is 0 Å². The Morgan fingerprint density at radius 3 is 2.75 bits per heavy atom. The van der Waals surface area contributed by atoms with Crippen molar-refractivity contribution in [2.24, 2.45) is 0 Å². The van der Waals surface area contributed by atoms with E-state index in [-0.39, 0.29) is 12.4 Å². The quantitative estimate of drug-likeness (QED) is 0.664. The van der Waals surface area contributed by atoms with E-state index in [0.29, 0.717) is 13.0 Å². The zero-order valence-electron chi connectivity index (χ0n) is 7.53. The molecule has 0 aromatic carbocycles. The van der Waals surface area contributed by atoms with Crippen molar-refractivity contribution in [1.29, 1.82) is 0 Å². The molecule has 12 heavy (non-hydrogen) atoms. The van der Waals surface area contributed by atoms with Gasteiger partial charge in [0.2, 0.25) is 0 Å². The summed E-state index contributed by atoms with van der Waals surface area (Å²) in [6, 6.07) is 0. The first kappa shape index (κ1) is 9.92. The Bertz CT molecular complexity index is 128. The van der Waals surface area contributed by atoms with Crippen LogP contribution < -0.4 is 0 Å². The molecule has 0 aromatic rings. The topological polar surface area (TPSA) is 47.9 Å². The van der Waals surface area contributed by atoms with Crippen molar-refractivity contribution >= 4 is 0 Å². The van der Waals surface area contributed by atoms with Crippen molar-refractivity contribution in [3.05, 3.63) is 0 Å². The Kier molecular flexibility index (Phi) is 3.94. The second-order valence-electron chi connectivity index (χ2n) is 2.94. The fourth-order valence-electron chi connectivity index (χ4n) is 1.33. The summed E-state index contributed by atoms with van der Waals surface area (Å²) in [6.45, 7) is 0.418. The standard InChI is InChI=1S/C8H16O4/c1-10-5-7-6(9)3-4-8(11-2)12-7/h6-9H,3-5H2,1-2H3/t6-,7+,8+/m0/s1. The van der Waals surface area contributed by atoms with Gasteiger partial charge in [-0.25, -0.2) is 0 Å². The highest BCUT2D eigenvalue weighted by Gasteiger charge is 2.29. The maximum atomic E-state index is 9.45. The van der Waals surface area contributed by atoms with Gasteiger partial charge in [-0.2, -0.15) is 0 Å². The predicted octanol–water partition coefficient (Wildman–Crippen LogP) is 0.145. The van der Waals surface area contributed by atoms with Gasteiger partial charge in [0.1, 0.15) is 6.10 Å². The van der Waals surface area contributed by atoms with Crippen LogP contribution >= 0.6 is 0 Å². The molecule has 0 aromatic heterocycles. The second-order valence-corrected chi connectivity index (χ2v) is 2.94. The van der Waals surface area contributed by atoms with Crippen LogP contribution in [0.2, 0.25) is 0 Å². The summed E-state index contributed by atoms with van der Waals surface area (Å²) in [5, 5.41) is 9.45. The first-order chi connectivity index (χ1) is 5.77. The Hall–Kier alpha value is -0.160. The first-order valence-corrected chi connectivity index (χ1v) is 4.13. The molecule has 1 heterocycles. The van der Waals surface area contributed by atoms with Gasteiger partial charge in [0.05, 0.1) is 12.7 Å². The highest BCUT2D eigenvalue weighted by molar-refractivity contribution is 4.74. The van der Waals surface area contributed by atoms with Gasteiger partial charge in [0.25, 0.3) is 0 Å². The summed E-state index contributed by atoms with van der Waals surface area (Å²) >= 11 is 0. The van der Waals surface area contributed by atoms with Crippen LogP contribution in [0, 0.1) is 0 Å². The zero-order valence-corrected chi connectivity index (χ0v) is 7.53. The van der Waals surface area contributed by atoms with E-state index in [2.05, 4.69) is 0 Å². The van der Waals surface area contributed by atoms with Crippen LogP contribution in [-0.2, 0) is 14.2 Å². The fourth-order valence-corrected chi connectivity index (χ4v) is 1.33. The van der Waals surface area contributed by atoms with Crippen molar-refractivity contribution in [3.8, 4) is 0 Å². The third-order valence-electron chi connectivity index (χ3n) is 2.05. The molecule has 1 aliphatic rings. The lowest BCUT2D eigenvalue weighted by Gasteiger charge is -2.32. The van der Waals surface area contributed by atoms with Crippen LogP contribution in [0.5, 0.6) is 0 Å². The molecular formula is C8H16O4. The van der Waals surface area contributed by atoms with Crippen LogP contribution in [0.25, 0.3) is 0 Å².